The Morgan fingerprint density at radius 1 is 1.06 bits per heavy atom. The Morgan fingerprint density at radius 2 is 1.83 bits per heavy atom. The topological polar surface area (TPSA) is 181 Å². The Kier molecular flexibility index (Phi) is 10.8. The standard InChI is InChI=1S/C36H48ClN5O9S/c1-35(2,3)51-33(46)38-28-10-8-6-4-5-7-9-24-19-36(24,32(45)40-52(48,49)27-13-14-27)39-30(43)29-18-26(21-42(29)31(28)44)50-34(47)41-16-15-22-11-12-25(37)17-23(22)20-41/h7,9,11-12,17,24,26-29H,4-6,8,10,13-16,18-21H2,1-3H3,(H,38,46)(H,39,43)(H,40,45)/b9-7-/t24-,26-,28+,29+,36-/m1/s1. The summed E-state index contributed by atoms with van der Waals surface area (Å²) < 4.78 is 39.1. The molecule has 3 heterocycles. The van der Waals surface area contributed by atoms with E-state index in [2.05, 4.69) is 15.4 Å². The number of hydrogen-bond acceptors (Lipinski definition) is 9. The van der Waals surface area contributed by atoms with Crippen LogP contribution >= 0.6 is 11.6 Å². The number of halogens is 1. The number of carbonyl (C=O) groups excluding carboxylic acids is 5. The van der Waals surface area contributed by atoms with Crippen LogP contribution in [0.2, 0.25) is 5.02 Å². The van der Waals surface area contributed by atoms with Gasteiger partial charge in [0.05, 0.1) is 11.8 Å². The highest BCUT2D eigenvalue weighted by molar-refractivity contribution is 7.91. The molecule has 3 N–H and O–H groups in total. The first-order chi connectivity index (χ1) is 24.5. The Morgan fingerprint density at radius 3 is 2.56 bits per heavy atom. The summed E-state index contributed by atoms with van der Waals surface area (Å²) in [6.45, 7) is 5.68. The zero-order chi connectivity index (χ0) is 37.4. The smallest absolute Gasteiger partial charge is 0.410 e. The van der Waals surface area contributed by atoms with E-state index in [-0.39, 0.29) is 32.4 Å². The molecule has 3 fully saturated rings. The molecule has 14 nitrogen and oxygen atoms in total. The molecular formula is C36H48ClN5O9S. The normalized spacial score (nSPS) is 28.8. The molecule has 2 saturated carbocycles. The van der Waals surface area contributed by atoms with E-state index in [4.69, 9.17) is 21.1 Å². The van der Waals surface area contributed by atoms with Gasteiger partial charge >= 0.3 is 12.2 Å². The number of nitrogens with zero attached hydrogens (tertiary/aromatic N) is 2. The van der Waals surface area contributed by atoms with E-state index in [0.29, 0.717) is 43.7 Å². The summed E-state index contributed by atoms with van der Waals surface area (Å²) in [5.41, 5.74) is -0.365. The van der Waals surface area contributed by atoms with Crippen molar-refractivity contribution in [1.82, 2.24) is 25.2 Å². The van der Waals surface area contributed by atoms with Gasteiger partial charge in [-0.15, -0.1) is 0 Å². The maximum absolute atomic E-state index is 14.3. The maximum Gasteiger partial charge on any atom is 0.410 e. The molecule has 6 rings (SSSR count). The van der Waals surface area contributed by atoms with Crippen LogP contribution in [-0.4, -0.2) is 95.8 Å². The maximum atomic E-state index is 14.3. The van der Waals surface area contributed by atoms with E-state index in [9.17, 15) is 32.4 Å². The average Bonchev–Trinajstić information content (AvgIpc) is 3.99. The first-order valence-corrected chi connectivity index (χ1v) is 20.0. The van der Waals surface area contributed by atoms with Gasteiger partial charge in [-0.1, -0.05) is 42.7 Å². The summed E-state index contributed by atoms with van der Waals surface area (Å²) in [7, 11) is -3.90. The molecule has 5 aliphatic rings. The first-order valence-electron chi connectivity index (χ1n) is 18.1. The summed E-state index contributed by atoms with van der Waals surface area (Å²) in [5, 5.41) is 5.42. The Bertz CT molecular complexity index is 1740. The van der Waals surface area contributed by atoms with Crippen molar-refractivity contribution >= 4 is 51.5 Å². The molecule has 0 bridgehead atoms. The number of fused-ring (bicyclic) bond motifs is 3. The van der Waals surface area contributed by atoms with Crippen LogP contribution in [0.3, 0.4) is 0 Å². The molecule has 2 aliphatic carbocycles. The van der Waals surface area contributed by atoms with Gasteiger partial charge in [-0.2, -0.15) is 0 Å². The predicted octanol–water partition coefficient (Wildman–Crippen LogP) is 3.70. The minimum absolute atomic E-state index is 0.0721. The number of alkyl carbamates (subject to hydrolysis) is 1. The summed E-state index contributed by atoms with van der Waals surface area (Å²) in [5.74, 6) is -2.51. The number of benzene rings is 1. The monoisotopic (exact) mass is 761 g/mol. The van der Waals surface area contributed by atoms with Gasteiger partial charge in [-0.3, -0.25) is 19.1 Å². The number of rotatable bonds is 5. The molecule has 5 amide bonds. The number of amides is 5. The Balaban J connectivity index is 1.25. The van der Waals surface area contributed by atoms with Gasteiger partial charge in [-0.05, 0) is 89.0 Å². The fraction of sp³-hybridized carbons (Fsp3) is 0.639. The highest BCUT2D eigenvalue weighted by Gasteiger charge is 2.62. The highest BCUT2D eigenvalue weighted by atomic mass is 35.5. The molecule has 52 heavy (non-hydrogen) atoms. The summed E-state index contributed by atoms with van der Waals surface area (Å²) in [6.07, 6.45) is 6.19. The van der Waals surface area contributed by atoms with Crippen LogP contribution in [0, 0.1) is 5.92 Å². The second kappa shape index (κ2) is 14.9. The number of nitrogens with one attached hydrogen (secondary N) is 3. The molecule has 1 aromatic carbocycles. The van der Waals surface area contributed by atoms with E-state index >= 15 is 0 Å². The lowest BCUT2D eigenvalue weighted by molar-refractivity contribution is -0.141. The fourth-order valence-corrected chi connectivity index (χ4v) is 8.75. The molecule has 284 valence electrons. The number of allylic oxidation sites excluding steroid dienone is 1. The van der Waals surface area contributed by atoms with E-state index in [0.717, 1.165) is 24.0 Å². The molecule has 3 aliphatic heterocycles. The lowest BCUT2D eigenvalue weighted by Gasteiger charge is -2.30. The van der Waals surface area contributed by atoms with Crippen LogP contribution in [-0.2, 0) is 46.8 Å². The Labute approximate surface area is 309 Å². The Hall–Kier alpha value is -3.85. The predicted molar refractivity (Wildman–Crippen MR) is 190 cm³/mol. The van der Waals surface area contributed by atoms with Crippen molar-refractivity contribution in [3.63, 3.8) is 0 Å². The highest BCUT2D eigenvalue weighted by Crippen LogP contribution is 2.46. The quantitative estimate of drug-likeness (QED) is 0.377. The third kappa shape index (κ3) is 8.84. The van der Waals surface area contributed by atoms with Gasteiger partial charge in [0.2, 0.25) is 21.8 Å². The van der Waals surface area contributed by atoms with Gasteiger partial charge in [0.1, 0.15) is 29.3 Å². The SMILES string of the molecule is CC(C)(C)OC(=O)N[C@H]1CCCCC/C=C\[C@@H]2C[C@@]2(C(=O)NS(=O)(=O)C2CC2)NC(=O)[C@@H]2C[C@@H](OC(=O)N3CCc4ccc(Cl)cc4C3)CN2C1=O. The zero-order valence-electron chi connectivity index (χ0n) is 29.8. The number of hydrogen-bond donors (Lipinski definition) is 3. The minimum atomic E-state index is -3.90. The molecule has 1 aromatic rings. The van der Waals surface area contributed by atoms with Crippen LogP contribution in [0.15, 0.2) is 30.4 Å². The van der Waals surface area contributed by atoms with Crippen LogP contribution in [0.1, 0.15) is 89.7 Å². The van der Waals surface area contributed by atoms with Gasteiger partial charge in [0.15, 0.2) is 0 Å². The van der Waals surface area contributed by atoms with Crippen molar-refractivity contribution in [2.75, 3.05) is 13.1 Å². The molecular weight excluding hydrogens is 714 g/mol. The van der Waals surface area contributed by atoms with E-state index in [1.807, 2.05) is 24.3 Å². The van der Waals surface area contributed by atoms with Crippen molar-refractivity contribution in [2.24, 2.45) is 5.92 Å². The zero-order valence-corrected chi connectivity index (χ0v) is 31.4. The molecule has 5 atom stereocenters. The van der Waals surface area contributed by atoms with Gasteiger partial charge < -0.3 is 29.9 Å². The van der Waals surface area contributed by atoms with E-state index in [1.165, 1.54) is 4.90 Å². The molecule has 1 saturated heterocycles. The molecule has 0 unspecified atom stereocenters. The van der Waals surface area contributed by atoms with Gasteiger partial charge in [0, 0.05) is 30.5 Å². The average molecular weight is 762 g/mol. The van der Waals surface area contributed by atoms with Crippen LogP contribution in [0.5, 0.6) is 0 Å². The van der Waals surface area contributed by atoms with Gasteiger partial charge in [0.25, 0.3) is 5.91 Å². The molecule has 16 heteroatoms. The summed E-state index contributed by atoms with van der Waals surface area (Å²) in [6, 6.07) is 3.32. The molecule has 0 aromatic heterocycles. The van der Waals surface area contributed by atoms with Crippen molar-refractivity contribution < 1.29 is 41.9 Å². The minimum Gasteiger partial charge on any atom is -0.444 e. The lowest BCUT2D eigenvalue weighted by atomic mass is 10.0. The van der Waals surface area contributed by atoms with E-state index in [1.54, 1.807) is 31.7 Å². The molecule has 0 radical (unpaired) electrons. The number of ether oxygens (including phenoxy) is 2. The second-order valence-corrected chi connectivity index (χ2v) is 17.9. The van der Waals surface area contributed by atoms with Crippen LogP contribution in [0.25, 0.3) is 0 Å². The van der Waals surface area contributed by atoms with Gasteiger partial charge in [-0.25, -0.2) is 18.0 Å². The summed E-state index contributed by atoms with van der Waals surface area (Å²) in [4.78, 5) is 71.4. The van der Waals surface area contributed by atoms with E-state index < -0.39 is 80.4 Å². The number of sulfonamides is 1. The van der Waals surface area contributed by atoms with Crippen LogP contribution in [0.4, 0.5) is 9.59 Å². The van der Waals surface area contributed by atoms with Crippen molar-refractivity contribution in [2.45, 2.75) is 126 Å². The lowest BCUT2D eigenvalue weighted by Crippen LogP contribution is -2.58. The van der Waals surface area contributed by atoms with Crippen molar-refractivity contribution in [1.29, 1.82) is 0 Å². The third-order valence-corrected chi connectivity index (χ3v) is 12.3. The second-order valence-electron chi connectivity index (χ2n) is 15.5. The first kappa shape index (κ1) is 37.9. The van der Waals surface area contributed by atoms with Crippen LogP contribution < -0.4 is 15.4 Å². The third-order valence-electron chi connectivity index (χ3n) is 10.2. The van der Waals surface area contributed by atoms with Crippen molar-refractivity contribution in [3.8, 4) is 0 Å². The largest absolute Gasteiger partial charge is 0.444 e. The summed E-state index contributed by atoms with van der Waals surface area (Å²) >= 11 is 6.20. The number of carbonyl (C=O) groups is 5. The van der Waals surface area contributed by atoms with Crippen molar-refractivity contribution in [3.05, 3.63) is 46.5 Å². The fourth-order valence-electron chi connectivity index (χ4n) is 7.20. The molecule has 0 spiro atoms.